The van der Waals surface area contributed by atoms with Gasteiger partial charge < -0.3 is 16.4 Å². The number of carbonyl (C=O) groups is 2. The quantitative estimate of drug-likeness (QED) is 0.754. The standard InChI is InChI=1S/C14H21N3O2.ClH/c1-3-13(18)16-11-5-7-12(8-6-11)17-14(19)9-4-10(2)15;/h5-8,10H,3-4,9,15H2,1-2H3,(H,16,18)(H,17,19);1H. The lowest BCUT2D eigenvalue weighted by molar-refractivity contribution is -0.117. The normalized spacial score (nSPS) is 11.2. The predicted molar refractivity (Wildman–Crippen MR) is 84.1 cm³/mol. The number of carbonyl (C=O) groups excluding carboxylic acids is 2. The minimum absolute atomic E-state index is 0. The summed E-state index contributed by atoms with van der Waals surface area (Å²) < 4.78 is 0. The Bertz CT molecular complexity index is 433. The van der Waals surface area contributed by atoms with Gasteiger partial charge >= 0.3 is 0 Å². The molecule has 1 aromatic rings. The first-order valence-corrected chi connectivity index (χ1v) is 6.46. The summed E-state index contributed by atoms with van der Waals surface area (Å²) in [6.07, 6.45) is 1.51. The lowest BCUT2D eigenvalue weighted by atomic mass is 10.2. The van der Waals surface area contributed by atoms with Crippen molar-refractivity contribution < 1.29 is 9.59 Å². The molecule has 1 unspecified atom stereocenters. The van der Waals surface area contributed by atoms with Crippen LogP contribution in [0.1, 0.15) is 33.1 Å². The summed E-state index contributed by atoms with van der Waals surface area (Å²) in [7, 11) is 0. The molecule has 4 N–H and O–H groups in total. The monoisotopic (exact) mass is 299 g/mol. The van der Waals surface area contributed by atoms with E-state index in [0.717, 1.165) is 5.69 Å². The molecule has 0 spiro atoms. The molecule has 0 heterocycles. The molecule has 0 fully saturated rings. The van der Waals surface area contributed by atoms with Crippen molar-refractivity contribution in [2.75, 3.05) is 10.6 Å². The van der Waals surface area contributed by atoms with E-state index < -0.39 is 0 Å². The summed E-state index contributed by atoms with van der Waals surface area (Å²) >= 11 is 0. The number of nitrogens with two attached hydrogens (primary N) is 1. The van der Waals surface area contributed by atoms with Crippen LogP contribution in [-0.2, 0) is 9.59 Å². The average Bonchev–Trinajstić information content (AvgIpc) is 2.38. The highest BCUT2D eigenvalue weighted by Crippen LogP contribution is 2.14. The lowest BCUT2D eigenvalue weighted by Gasteiger charge is -2.08. The van der Waals surface area contributed by atoms with E-state index in [2.05, 4.69) is 10.6 Å². The summed E-state index contributed by atoms with van der Waals surface area (Å²) in [5.41, 5.74) is 7.03. The van der Waals surface area contributed by atoms with Gasteiger partial charge in [-0.15, -0.1) is 12.4 Å². The number of nitrogens with one attached hydrogen (secondary N) is 2. The zero-order valence-corrected chi connectivity index (χ0v) is 12.6. The van der Waals surface area contributed by atoms with Crippen molar-refractivity contribution in [3.05, 3.63) is 24.3 Å². The summed E-state index contributed by atoms with van der Waals surface area (Å²) in [4.78, 5) is 22.8. The molecule has 6 heteroatoms. The van der Waals surface area contributed by atoms with E-state index in [1.54, 1.807) is 31.2 Å². The minimum atomic E-state index is -0.0531. The number of halogens is 1. The largest absolute Gasteiger partial charge is 0.328 e. The van der Waals surface area contributed by atoms with Crippen molar-refractivity contribution >= 4 is 35.6 Å². The van der Waals surface area contributed by atoms with Crippen LogP contribution in [0.3, 0.4) is 0 Å². The van der Waals surface area contributed by atoms with Gasteiger partial charge in [0, 0.05) is 30.3 Å². The van der Waals surface area contributed by atoms with Gasteiger partial charge in [-0.1, -0.05) is 6.92 Å². The Morgan fingerprint density at radius 2 is 1.55 bits per heavy atom. The van der Waals surface area contributed by atoms with E-state index in [4.69, 9.17) is 5.73 Å². The van der Waals surface area contributed by atoms with Crippen LogP contribution in [0, 0.1) is 0 Å². The van der Waals surface area contributed by atoms with Gasteiger partial charge in [-0.2, -0.15) is 0 Å². The van der Waals surface area contributed by atoms with E-state index in [1.165, 1.54) is 0 Å². The van der Waals surface area contributed by atoms with E-state index in [1.807, 2.05) is 6.92 Å². The second-order valence-electron chi connectivity index (χ2n) is 4.54. The van der Waals surface area contributed by atoms with Crippen molar-refractivity contribution in [1.82, 2.24) is 0 Å². The van der Waals surface area contributed by atoms with E-state index in [0.29, 0.717) is 24.9 Å². The fraction of sp³-hybridized carbons (Fsp3) is 0.429. The zero-order valence-electron chi connectivity index (χ0n) is 11.8. The van der Waals surface area contributed by atoms with Crippen LogP contribution in [0.15, 0.2) is 24.3 Å². The van der Waals surface area contributed by atoms with Gasteiger partial charge in [0.2, 0.25) is 11.8 Å². The van der Waals surface area contributed by atoms with Gasteiger partial charge in [0.05, 0.1) is 0 Å². The highest BCUT2D eigenvalue weighted by molar-refractivity contribution is 5.92. The van der Waals surface area contributed by atoms with Crippen LogP contribution in [0.2, 0.25) is 0 Å². The van der Waals surface area contributed by atoms with Crippen molar-refractivity contribution in [2.45, 2.75) is 39.2 Å². The Hall–Kier alpha value is -1.59. The number of anilines is 2. The SMILES string of the molecule is CCC(=O)Nc1ccc(NC(=O)CCC(C)N)cc1.Cl. The summed E-state index contributed by atoms with van der Waals surface area (Å²) in [6, 6.07) is 7.06. The average molecular weight is 300 g/mol. The summed E-state index contributed by atoms with van der Waals surface area (Å²) in [5.74, 6) is -0.0867. The molecule has 0 radical (unpaired) electrons. The van der Waals surface area contributed by atoms with E-state index in [9.17, 15) is 9.59 Å². The number of hydrogen-bond acceptors (Lipinski definition) is 3. The zero-order chi connectivity index (χ0) is 14.3. The third kappa shape index (κ3) is 7.11. The Morgan fingerprint density at radius 3 is 1.95 bits per heavy atom. The van der Waals surface area contributed by atoms with Gasteiger partial charge in [0.25, 0.3) is 0 Å². The predicted octanol–water partition coefficient (Wildman–Crippen LogP) is 2.52. The molecule has 0 aliphatic heterocycles. The van der Waals surface area contributed by atoms with Crippen LogP contribution in [0.5, 0.6) is 0 Å². The molecule has 0 bridgehead atoms. The number of rotatable bonds is 6. The van der Waals surface area contributed by atoms with Gasteiger partial charge in [-0.3, -0.25) is 9.59 Å². The molecule has 1 rings (SSSR count). The smallest absolute Gasteiger partial charge is 0.224 e. The van der Waals surface area contributed by atoms with Crippen LogP contribution in [0.25, 0.3) is 0 Å². The second-order valence-corrected chi connectivity index (χ2v) is 4.54. The van der Waals surface area contributed by atoms with Crippen LogP contribution in [-0.4, -0.2) is 17.9 Å². The highest BCUT2D eigenvalue weighted by atomic mass is 35.5. The number of benzene rings is 1. The molecule has 2 amide bonds. The van der Waals surface area contributed by atoms with Crippen LogP contribution < -0.4 is 16.4 Å². The molecule has 1 aromatic carbocycles. The number of amides is 2. The maximum atomic E-state index is 11.6. The van der Waals surface area contributed by atoms with Crippen molar-refractivity contribution in [1.29, 1.82) is 0 Å². The minimum Gasteiger partial charge on any atom is -0.328 e. The molecular weight excluding hydrogens is 278 g/mol. The Labute approximate surface area is 125 Å². The first-order chi connectivity index (χ1) is 9.01. The molecule has 5 nitrogen and oxygen atoms in total. The fourth-order valence-electron chi connectivity index (χ4n) is 1.47. The van der Waals surface area contributed by atoms with Gasteiger partial charge in [-0.05, 0) is 37.6 Å². The maximum absolute atomic E-state index is 11.6. The molecule has 0 aromatic heterocycles. The molecule has 20 heavy (non-hydrogen) atoms. The van der Waals surface area contributed by atoms with Crippen molar-refractivity contribution in [3.63, 3.8) is 0 Å². The first-order valence-electron chi connectivity index (χ1n) is 6.46. The lowest BCUT2D eigenvalue weighted by Crippen LogP contribution is -2.19. The second kappa shape index (κ2) is 9.34. The molecule has 0 saturated heterocycles. The Morgan fingerprint density at radius 1 is 1.10 bits per heavy atom. The van der Waals surface area contributed by atoms with Gasteiger partial charge in [0.15, 0.2) is 0 Å². The first kappa shape index (κ1) is 18.4. The molecule has 0 saturated carbocycles. The Balaban J connectivity index is 0.00000361. The van der Waals surface area contributed by atoms with E-state index in [-0.39, 0.29) is 30.3 Å². The molecule has 1 atom stereocenters. The van der Waals surface area contributed by atoms with E-state index >= 15 is 0 Å². The third-order valence-electron chi connectivity index (χ3n) is 2.60. The topological polar surface area (TPSA) is 84.2 Å². The van der Waals surface area contributed by atoms with Crippen molar-refractivity contribution in [3.8, 4) is 0 Å². The molecule has 112 valence electrons. The molecule has 0 aliphatic rings. The van der Waals surface area contributed by atoms with Crippen molar-refractivity contribution in [2.24, 2.45) is 5.73 Å². The summed E-state index contributed by atoms with van der Waals surface area (Å²) in [6.45, 7) is 3.67. The molecule has 0 aliphatic carbocycles. The fourth-order valence-corrected chi connectivity index (χ4v) is 1.47. The Kier molecular flexibility index (Phi) is 8.59. The third-order valence-corrected chi connectivity index (χ3v) is 2.60. The maximum Gasteiger partial charge on any atom is 0.224 e. The number of hydrogen-bond donors (Lipinski definition) is 3. The van der Waals surface area contributed by atoms with Gasteiger partial charge in [0.1, 0.15) is 0 Å². The van der Waals surface area contributed by atoms with Crippen LogP contribution in [0.4, 0.5) is 11.4 Å². The van der Waals surface area contributed by atoms with Crippen LogP contribution >= 0.6 is 12.4 Å². The molecular formula is C14H22ClN3O2. The summed E-state index contributed by atoms with van der Waals surface area (Å²) in [5, 5.41) is 5.53. The highest BCUT2D eigenvalue weighted by Gasteiger charge is 2.04. The van der Waals surface area contributed by atoms with Gasteiger partial charge in [-0.25, -0.2) is 0 Å².